The summed E-state index contributed by atoms with van der Waals surface area (Å²) in [6.07, 6.45) is -1.22. The minimum absolute atomic E-state index is 0.0437. The van der Waals surface area contributed by atoms with Gasteiger partial charge in [-0.25, -0.2) is 0 Å². The Morgan fingerprint density at radius 2 is 1.94 bits per heavy atom. The molecule has 7 nitrogen and oxygen atoms in total. The quantitative estimate of drug-likeness (QED) is 0.358. The molecule has 4 N–H and O–H groups in total. The van der Waals surface area contributed by atoms with Gasteiger partial charge in [-0.05, 0) is 57.0 Å². The van der Waals surface area contributed by atoms with E-state index in [0.29, 0.717) is 0 Å². The van der Waals surface area contributed by atoms with E-state index in [1.807, 2.05) is 24.3 Å². The van der Waals surface area contributed by atoms with Crippen molar-refractivity contribution in [3.05, 3.63) is 40.6 Å². The van der Waals surface area contributed by atoms with Crippen molar-refractivity contribution in [1.82, 2.24) is 15.1 Å². The molecule has 11 heteroatoms. The van der Waals surface area contributed by atoms with E-state index in [-0.39, 0.29) is 17.5 Å². The molecule has 1 aromatic carbocycles. The zero-order chi connectivity index (χ0) is 23.7. The monoisotopic (exact) mass is 473 g/mol. The number of carbonyl (C=O) groups excluding carboxylic acids is 2. The van der Waals surface area contributed by atoms with Gasteiger partial charge in [0.15, 0.2) is 0 Å². The van der Waals surface area contributed by atoms with Crippen molar-refractivity contribution < 1.29 is 22.8 Å². The van der Waals surface area contributed by atoms with Gasteiger partial charge in [-0.3, -0.25) is 9.59 Å². The summed E-state index contributed by atoms with van der Waals surface area (Å²) < 4.78 is 40.4. The topological polar surface area (TPSA) is 90.7 Å². The predicted molar refractivity (Wildman–Crippen MR) is 120 cm³/mol. The van der Waals surface area contributed by atoms with Gasteiger partial charge in [0, 0.05) is 37.6 Å². The first-order chi connectivity index (χ1) is 15.1. The number of nitrogens with one attached hydrogen (secondary N) is 2. The molecule has 32 heavy (non-hydrogen) atoms. The van der Waals surface area contributed by atoms with Crippen molar-refractivity contribution in [3.63, 3.8) is 0 Å². The number of rotatable bonds is 10. The summed E-state index contributed by atoms with van der Waals surface area (Å²) in [5, 5.41) is 1.78. The Morgan fingerprint density at radius 1 is 1.25 bits per heavy atom. The summed E-state index contributed by atoms with van der Waals surface area (Å²) in [6, 6.07) is 7.71. The predicted octanol–water partition coefficient (Wildman–Crippen LogP) is 3.06. The van der Waals surface area contributed by atoms with Crippen LogP contribution in [-0.2, 0) is 16.0 Å². The summed E-state index contributed by atoms with van der Waals surface area (Å²) in [6.45, 7) is 4.88. The molecule has 0 bridgehead atoms. The van der Waals surface area contributed by atoms with Crippen LogP contribution in [0.4, 0.5) is 18.9 Å². The number of hydrogen-bond donors (Lipinski definition) is 3. The molecular formula is C21H30F3N5O2S. The minimum Gasteiger partial charge on any atom is -0.392 e. The number of benzene rings is 1. The Kier molecular flexibility index (Phi) is 9.70. The zero-order valence-electron chi connectivity index (χ0n) is 18.3. The fraction of sp³-hybridized carbons (Fsp3) is 0.524. The van der Waals surface area contributed by atoms with Gasteiger partial charge in [-0.2, -0.15) is 13.2 Å². The molecule has 1 aliphatic rings. The van der Waals surface area contributed by atoms with Gasteiger partial charge < -0.3 is 25.6 Å². The Balaban J connectivity index is 2.11. The fourth-order valence-electron chi connectivity index (χ4n) is 3.33. The third kappa shape index (κ3) is 8.27. The SMILES string of the molecule is CCN(C(C)=O)/C(SNc1cccc(CCN2CCCC2)c1)=C(\N)C(=O)NCC(F)(F)F. The first kappa shape index (κ1) is 25.9. The van der Waals surface area contributed by atoms with Crippen LogP contribution in [0.25, 0.3) is 0 Å². The number of nitrogens with two attached hydrogens (primary N) is 1. The maximum absolute atomic E-state index is 12.4. The van der Waals surface area contributed by atoms with Crippen LogP contribution in [0.3, 0.4) is 0 Å². The highest BCUT2D eigenvalue weighted by Gasteiger charge is 2.29. The molecule has 0 saturated carbocycles. The highest BCUT2D eigenvalue weighted by Crippen LogP contribution is 2.26. The molecular weight excluding hydrogens is 443 g/mol. The van der Waals surface area contributed by atoms with E-state index in [9.17, 15) is 22.8 Å². The average Bonchev–Trinajstić information content (AvgIpc) is 3.26. The Morgan fingerprint density at radius 3 is 2.53 bits per heavy atom. The van der Waals surface area contributed by atoms with E-state index in [2.05, 4.69) is 9.62 Å². The third-order valence-corrected chi connectivity index (χ3v) is 5.95. The Bertz CT molecular complexity index is 826. The summed E-state index contributed by atoms with van der Waals surface area (Å²) in [4.78, 5) is 27.8. The molecule has 2 amide bonds. The van der Waals surface area contributed by atoms with Gasteiger partial charge in [0.2, 0.25) is 5.91 Å². The van der Waals surface area contributed by atoms with Crippen molar-refractivity contribution in [1.29, 1.82) is 0 Å². The molecule has 2 rings (SSSR count). The molecule has 1 saturated heterocycles. The van der Waals surface area contributed by atoms with Crippen LogP contribution in [0.2, 0.25) is 0 Å². The number of carbonyl (C=O) groups is 2. The lowest BCUT2D eigenvalue weighted by atomic mass is 10.1. The summed E-state index contributed by atoms with van der Waals surface area (Å²) in [5.41, 5.74) is 7.25. The summed E-state index contributed by atoms with van der Waals surface area (Å²) in [5.74, 6) is -1.48. The fourth-order valence-corrected chi connectivity index (χ4v) is 4.24. The minimum atomic E-state index is -4.57. The lowest BCUT2D eigenvalue weighted by Gasteiger charge is -2.24. The van der Waals surface area contributed by atoms with E-state index in [4.69, 9.17) is 5.73 Å². The Hall–Kier alpha value is -2.40. The number of alkyl halides is 3. The second-order valence-electron chi connectivity index (χ2n) is 7.48. The standard InChI is InChI=1S/C21H30F3N5O2S/c1-3-29(15(2)30)20(18(25)19(31)26-14-21(22,23)24)32-27-17-8-6-7-16(13-17)9-12-28-10-4-5-11-28/h6-8,13,27H,3-5,9-12,14,25H2,1-2H3,(H,26,31)/b20-18+. The molecule has 0 aliphatic carbocycles. The molecule has 0 atom stereocenters. The van der Waals surface area contributed by atoms with E-state index in [1.165, 1.54) is 24.7 Å². The molecule has 1 aromatic rings. The smallest absolute Gasteiger partial charge is 0.392 e. The van der Waals surface area contributed by atoms with Crippen molar-refractivity contribution in [2.75, 3.05) is 37.4 Å². The molecule has 0 aromatic heterocycles. The van der Waals surface area contributed by atoms with E-state index in [0.717, 1.165) is 49.3 Å². The number of amides is 2. The molecule has 1 aliphatic heterocycles. The van der Waals surface area contributed by atoms with Gasteiger partial charge in [-0.1, -0.05) is 12.1 Å². The molecule has 1 fully saturated rings. The van der Waals surface area contributed by atoms with Crippen molar-refractivity contribution in [2.45, 2.75) is 39.3 Å². The molecule has 0 unspecified atom stereocenters. The van der Waals surface area contributed by atoms with Crippen LogP contribution in [0.5, 0.6) is 0 Å². The largest absolute Gasteiger partial charge is 0.405 e. The number of halogens is 3. The summed E-state index contributed by atoms with van der Waals surface area (Å²) in [7, 11) is 0. The molecule has 0 spiro atoms. The number of nitrogens with zero attached hydrogens (tertiary/aromatic N) is 2. The number of anilines is 1. The maximum Gasteiger partial charge on any atom is 0.405 e. The van der Waals surface area contributed by atoms with Gasteiger partial charge in [-0.15, -0.1) is 0 Å². The second kappa shape index (κ2) is 12.0. The van der Waals surface area contributed by atoms with Crippen molar-refractivity contribution >= 4 is 29.4 Å². The normalized spacial score (nSPS) is 15.3. The molecule has 178 valence electrons. The van der Waals surface area contributed by atoms with Gasteiger partial charge in [0.25, 0.3) is 5.91 Å². The van der Waals surface area contributed by atoms with Crippen LogP contribution in [0, 0.1) is 0 Å². The highest BCUT2D eigenvalue weighted by atomic mass is 32.2. The van der Waals surface area contributed by atoms with E-state index < -0.39 is 24.3 Å². The van der Waals surface area contributed by atoms with Crippen molar-refractivity contribution in [3.8, 4) is 0 Å². The second-order valence-corrected chi connectivity index (χ2v) is 8.28. The van der Waals surface area contributed by atoms with Crippen LogP contribution >= 0.6 is 11.9 Å². The molecule has 0 radical (unpaired) electrons. The van der Waals surface area contributed by atoms with Gasteiger partial charge >= 0.3 is 6.18 Å². The van der Waals surface area contributed by atoms with Gasteiger partial charge in [0.1, 0.15) is 17.3 Å². The third-order valence-electron chi connectivity index (χ3n) is 4.97. The van der Waals surface area contributed by atoms with E-state index in [1.54, 1.807) is 12.2 Å². The van der Waals surface area contributed by atoms with Crippen molar-refractivity contribution in [2.24, 2.45) is 5.73 Å². The lowest BCUT2D eigenvalue weighted by Crippen LogP contribution is -2.39. The van der Waals surface area contributed by atoms with Crippen LogP contribution < -0.4 is 15.8 Å². The average molecular weight is 474 g/mol. The lowest BCUT2D eigenvalue weighted by molar-refractivity contribution is -0.136. The summed E-state index contributed by atoms with van der Waals surface area (Å²) >= 11 is 0.915. The zero-order valence-corrected chi connectivity index (χ0v) is 19.1. The van der Waals surface area contributed by atoms with Gasteiger partial charge in [0.05, 0.1) is 0 Å². The Labute approximate surface area is 190 Å². The molecule has 1 heterocycles. The highest BCUT2D eigenvalue weighted by molar-refractivity contribution is 8.04. The van der Waals surface area contributed by atoms with Crippen LogP contribution in [0.1, 0.15) is 32.3 Å². The number of likely N-dealkylation sites (tertiary alicyclic amines) is 1. The first-order valence-electron chi connectivity index (χ1n) is 10.5. The first-order valence-corrected chi connectivity index (χ1v) is 11.3. The van der Waals surface area contributed by atoms with E-state index >= 15 is 0 Å². The van der Waals surface area contributed by atoms with Crippen LogP contribution in [-0.4, -0.2) is 60.5 Å². The van der Waals surface area contributed by atoms with Crippen LogP contribution in [0.15, 0.2) is 35.0 Å². The maximum atomic E-state index is 12.4. The number of hydrogen-bond acceptors (Lipinski definition) is 6.